The van der Waals surface area contributed by atoms with Crippen LogP contribution in [0, 0.1) is 0 Å². The highest BCUT2D eigenvalue weighted by molar-refractivity contribution is 5.95. The summed E-state index contributed by atoms with van der Waals surface area (Å²) in [7, 11) is 1.74. The van der Waals surface area contributed by atoms with Crippen molar-refractivity contribution in [2.45, 2.75) is 6.54 Å². The lowest BCUT2D eigenvalue weighted by Gasteiger charge is -2.17. The molecule has 0 unspecified atom stereocenters. The van der Waals surface area contributed by atoms with Crippen LogP contribution in [0.2, 0.25) is 0 Å². The summed E-state index contributed by atoms with van der Waals surface area (Å²) < 4.78 is 5.35. The molecule has 146 valence electrons. The highest BCUT2D eigenvalue weighted by Gasteiger charge is 2.17. The van der Waals surface area contributed by atoms with Gasteiger partial charge in [-0.25, -0.2) is 4.98 Å². The number of amides is 2. The Balaban J connectivity index is 1.47. The number of carbonyl (C=O) groups excluding carboxylic acids is 2. The molecule has 0 bridgehead atoms. The van der Waals surface area contributed by atoms with Gasteiger partial charge in [-0.15, -0.1) is 0 Å². The average molecular weight is 388 g/mol. The molecule has 1 aliphatic rings. The number of para-hydroxylation sites is 1. The Kier molecular flexibility index (Phi) is 4.87. The number of hydrogen-bond donors (Lipinski definition) is 2. The minimum absolute atomic E-state index is 0.0420. The number of aromatic nitrogens is 2. The second kappa shape index (κ2) is 7.63. The van der Waals surface area contributed by atoms with Crippen molar-refractivity contribution in [1.82, 2.24) is 14.9 Å². The number of rotatable bonds is 5. The maximum atomic E-state index is 12.6. The summed E-state index contributed by atoms with van der Waals surface area (Å²) in [5.41, 5.74) is 3.66. The SMILES string of the molecule is C=Cc1c(CN(C)C(=O)/C=C/c2cnc3c(c2)OCC(=O)N3)[nH]c2ccccc12. The summed E-state index contributed by atoms with van der Waals surface area (Å²) in [6.07, 6.45) is 6.54. The fourth-order valence-corrected chi connectivity index (χ4v) is 3.25. The van der Waals surface area contributed by atoms with Gasteiger partial charge >= 0.3 is 0 Å². The lowest BCUT2D eigenvalue weighted by molar-refractivity contribution is -0.125. The van der Waals surface area contributed by atoms with E-state index < -0.39 is 0 Å². The Morgan fingerprint density at radius 1 is 1.38 bits per heavy atom. The maximum Gasteiger partial charge on any atom is 0.263 e. The molecular weight excluding hydrogens is 368 g/mol. The molecule has 2 N–H and O–H groups in total. The van der Waals surface area contributed by atoms with Gasteiger partial charge in [0.05, 0.1) is 6.54 Å². The smallest absolute Gasteiger partial charge is 0.263 e. The predicted octanol–water partition coefficient (Wildman–Crippen LogP) is 3.21. The van der Waals surface area contributed by atoms with Crippen molar-refractivity contribution in [2.24, 2.45) is 0 Å². The summed E-state index contributed by atoms with van der Waals surface area (Å²) in [5, 5.41) is 3.72. The molecule has 7 nitrogen and oxygen atoms in total. The number of H-pyrrole nitrogens is 1. The van der Waals surface area contributed by atoms with Crippen LogP contribution in [-0.4, -0.2) is 40.3 Å². The second-order valence-corrected chi connectivity index (χ2v) is 6.75. The van der Waals surface area contributed by atoms with E-state index in [9.17, 15) is 9.59 Å². The van der Waals surface area contributed by atoms with Crippen LogP contribution in [0.5, 0.6) is 5.75 Å². The molecule has 3 heterocycles. The molecule has 4 rings (SSSR count). The van der Waals surface area contributed by atoms with Crippen molar-refractivity contribution in [3.63, 3.8) is 0 Å². The van der Waals surface area contributed by atoms with Gasteiger partial charge in [0.15, 0.2) is 18.2 Å². The maximum absolute atomic E-state index is 12.6. The molecule has 1 aliphatic heterocycles. The number of likely N-dealkylation sites (N-methyl/N-ethyl adjacent to an activating group) is 1. The van der Waals surface area contributed by atoms with Gasteiger partial charge in [-0.2, -0.15) is 0 Å². The number of anilines is 1. The van der Waals surface area contributed by atoms with E-state index in [1.807, 2.05) is 24.3 Å². The third kappa shape index (κ3) is 3.75. The molecule has 1 aromatic carbocycles. The first-order chi connectivity index (χ1) is 14.0. The Morgan fingerprint density at radius 2 is 2.21 bits per heavy atom. The van der Waals surface area contributed by atoms with Gasteiger partial charge < -0.3 is 19.9 Å². The first kappa shape index (κ1) is 18.5. The van der Waals surface area contributed by atoms with Gasteiger partial charge in [0, 0.05) is 41.5 Å². The van der Waals surface area contributed by atoms with Gasteiger partial charge in [-0.3, -0.25) is 9.59 Å². The van der Waals surface area contributed by atoms with Crippen molar-refractivity contribution in [2.75, 3.05) is 19.0 Å². The average Bonchev–Trinajstić information content (AvgIpc) is 3.08. The molecule has 0 saturated heterocycles. The Morgan fingerprint density at radius 3 is 3.03 bits per heavy atom. The molecule has 0 atom stereocenters. The molecule has 0 fully saturated rings. The third-order valence-corrected chi connectivity index (χ3v) is 4.71. The highest BCUT2D eigenvalue weighted by atomic mass is 16.5. The minimum Gasteiger partial charge on any atom is -0.480 e. The number of ether oxygens (including phenoxy) is 1. The Labute approximate surface area is 167 Å². The molecule has 3 aromatic rings. The quantitative estimate of drug-likeness (QED) is 0.657. The van der Waals surface area contributed by atoms with Gasteiger partial charge in [0.1, 0.15) is 0 Å². The van der Waals surface area contributed by atoms with Crippen LogP contribution in [0.3, 0.4) is 0 Å². The van der Waals surface area contributed by atoms with Crippen LogP contribution in [-0.2, 0) is 16.1 Å². The molecule has 0 radical (unpaired) electrons. The van der Waals surface area contributed by atoms with Gasteiger partial charge in [-0.05, 0) is 23.8 Å². The van der Waals surface area contributed by atoms with Crippen molar-refractivity contribution < 1.29 is 14.3 Å². The van der Waals surface area contributed by atoms with Crippen LogP contribution in [0.4, 0.5) is 5.82 Å². The number of nitrogens with one attached hydrogen (secondary N) is 2. The summed E-state index contributed by atoms with van der Waals surface area (Å²) in [5.74, 6) is 0.491. The van der Waals surface area contributed by atoms with E-state index in [0.29, 0.717) is 23.7 Å². The minimum atomic E-state index is -0.235. The van der Waals surface area contributed by atoms with E-state index in [4.69, 9.17) is 4.74 Å². The zero-order valence-electron chi connectivity index (χ0n) is 15.9. The number of nitrogens with zero attached hydrogens (tertiary/aromatic N) is 2. The first-order valence-electron chi connectivity index (χ1n) is 9.13. The number of aromatic amines is 1. The van der Waals surface area contributed by atoms with Crippen molar-refractivity contribution in [3.8, 4) is 5.75 Å². The van der Waals surface area contributed by atoms with Crippen molar-refractivity contribution >= 4 is 40.7 Å². The van der Waals surface area contributed by atoms with Crippen molar-refractivity contribution in [3.05, 3.63) is 66.0 Å². The molecular formula is C22H20N4O3. The van der Waals surface area contributed by atoms with E-state index in [-0.39, 0.29) is 18.4 Å². The van der Waals surface area contributed by atoms with Gasteiger partial charge in [0.25, 0.3) is 5.91 Å². The van der Waals surface area contributed by atoms with Crippen LogP contribution in [0.15, 0.2) is 49.2 Å². The Hall–Kier alpha value is -3.87. The largest absolute Gasteiger partial charge is 0.480 e. The number of carbonyl (C=O) groups is 2. The lowest BCUT2D eigenvalue weighted by Crippen LogP contribution is -2.26. The van der Waals surface area contributed by atoms with Crippen LogP contribution >= 0.6 is 0 Å². The monoisotopic (exact) mass is 388 g/mol. The Bertz CT molecular complexity index is 1150. The standard InChI is InChI=1S/C22H20N4O3/c1-3-15-16-6-4-5-7-17(16)24-18(15)12-26(2)21(28)9-8-14-10-19-22(23-11-14)25-20(27)13-29-19/h3-11,24H,1,12-13H2,2H3,(H,23,25,27)/b9-8+. The van der Waals surface area contributed by atoms with Gasteiger partial charge in [-0.1, -0.05) is 30.9 Å². The van der Waals surface area contributed by atoms with Crippen LogP contribution in [0.25, 0.3) is 23.1 Å². The van der Waals surface area contributed by atoms with Crippen LogP contribution < -0.4 is 10.1 Å². The number of fused-ring (bicyclic) bond motifs is 2. The molecule has 0 spiro atoms. The number of pyridine rings is 1. The van der Waals surface area contributed by atoms with E-state index in [1.54, 1.807) is 36.4 Å². The zero-order valence-corrected chi connectivity index (χ0v) is 15.9. The van der Waals surface area contributed by atoms with E-state index >= 15 is 0 Å². The number of hydrogen-bond acceptors (Lipinski definition) is 4. The highest BCUT2D eigenvalue weighted by Crippen LogP contribution is 2.26. The summed E-state index contributed by atoms with van der Waals surface area (Å²) in [6, 6.07) is 9.71. The second-order valence-electron chi connectivity index (χ2n) is 6.75. The van der Waals surface area contributed by atoms with Crippen LogP contribution in [0.1, 0.15) is 16.8 Å². The van der Waals surface area contributed by atoms with Crippen molar-refractivity contribution in [1.29, 1.82) is 0 Å². The molecule has 0 saturated carbocycles. The lowest BCUT2D eigenvalue weighted by atomic mass is 10.1. The molecule has 7 heteroatoms. The van der Waals surface area contributed by atoms with Gasteiger partial charge in [0.2, 0.25) is 5.91 Å². The fraction of sp³-hybridized carbons (Fsp3) is 0.136. The molecule has 2 aromatic heterocycles. The molecule has 2 amide bonds. The molecule has 29 heavy (non-hydrogen) atoms. The third-order valence-electron chi connectivity index (χ3n) is 4.71. The van der Waals surface area contributed by atoms with E-state index in [2.05, 4.69) is 21.9 Å². The normalized spacial score (nSPS) is 13.1. The van der Waals surface area contributed by atoms with E-state index in [0.717, 1.165) is 22.2 Å². The summed E-state index contributed by atoms with van der Waals surface area (Å²) in [6.45, 7) is 4.28. The topological polar surface area (TPSA) is 87.3 Å². The summed E-state index contributed by atoms with van der Waals surface area (Å²) in [4.78, 5) is 33.0. The summed E-state index contributed by atoms with van der Waals surface area (Å²) >= 11 is 0. The van der Waals surface area contributed by atoms with E-state index in [1.165, 1.54) is 6.08 Å². The first-order valence-corrected chi connectivity index (χ1v) is 9.13. The molecule has 0 aliphatic carbocycles. The predicted molar refractivity (Wildman–Crippen MR) is 112 cm³/mol. The zero-order chi connectivity index (χ0) is 20.4. The number of benzene rings is 1. The fourth-order valence-electron chi connectivity index (χ4n) is 3.25.